The van der Waals surface area contributed by atoms with Gasteiger partial charge in [-0.3, -0.25) is 0 Å². The summed E-state index contributed by atoms with van der Waals surface area (Å²) in [6.07, 6.45) is 8.06. The van der Waals surface area contributed by atoms with Crippen molar-refractivity contribution in [2.45, 2.75) is 39.7 Å². The third kappa shape index (κ3) is 6.71. The second-order valence-corrected chi connectivity index (χ2v) is 6.04. The number of halogens is 1. The Balaban J connectivity index is 0.00000151. The van der Waals surface area contributed by atoms with E-state index in [1.807, 2.05) is 45.1 Å². The predicted molar refractivity (Wildman–Crippen MR) is 108 cm³/mol. The summed E-state index contributed by atoms with van der Waals surface area (Å²) < 4.78 is 14.0. The molecule has 0 saturated heterocycles. The van der Waals surface area contributed by atoms with Crippen LogP contribution in [0.25, 0.3) is 0 Å². The molecular weight excluding hydrogens is 311 g/mol. The summed E-state index contributed by atoms with van der Waals surface area (Å²) in [5.41, 5.74) is 3.15. The molecule has 25 heavy (non-hydrogen) atoms. The lowest BCUT2D eigenvalue weighted by Crippen LogP contribution is -2.25. The van der Waals surface area contributed by atoms with Gasteiger partial charge in [-0.25, -0.2) is 4.39 Å². The summed E-state index contributed by atoms with van der Waals surface area (Å²) in [4.78, 5) is 0. The van der Waals surface area contributed by atoms with Gasteiger partial charge in [0, 0.05) is 5.70 Å². The van der Waals surface area contributed by atoms with Crippen molar-refractivity contribution in [3.8, 4) is 0 Å². The fraction of sp³-hybridized carbons (Fsp3) is 0.364. The monoisotopic (exact) mass is 342 g/mol. The topological polar surface area (TPSA) is 24.1 Å². The first kappa shape index (κ1) is 20.9. The van der Waals surface area contributed by atoms with Gasteiger partial charge < -0.3 is 10.6 Å². The number of hydrogen-bond acceptors (Lipinski definition) is 2. The maximum atomic E-state index is 14.0. The van der Waals surface area contributed by atoms with E-state index in [1.54, 1.807) is 6.08 Å². The zero-order chi connectivity index (χ0) is 18.8. The molecule has 1 aliphatic carbocycles. The van der Waals surface area contributed by atoms with E-state index in [9.17, 15) is 4.39 Å². The molecule has 1 unspecified atom stereocenters. The summed E-state index contributed by atoms with van der Waals surface area (Å²) in [5.74, 6) is 0.464. The predicted octanol–water partition coefficient (Wildman–Crippen LogP) is 6.14. The average Bonchev–Trinajstić information content (AvgIpc) is 3.42. The molecule has 0 spiro atoms. The molecule has 2 nitrogen and oxygen atoms in total. The van der Waals surface area contributed by atoms with Crippen LogP contribution in [0.2, 0.25) is 0 Å². The number of hydrogen-bond donors (Lipinski definition) is 2. The highest BCUT2D eigenvalue weighted by molar-refractivity contribution is 5.53. The van der Waals surface area contributed by atoms with Gasteiger partial charge in [0.1, 0.15) is 5.82 Å². The van der Waals surface area contributed by atoms with Crippen molar-refractivity contribution in [2.75, 3.05) is 11.9 Å². The van der Waals surface area contributed by atoms with Crippen LogP contribution >= 0.6 is 0 Å². The average molecular weight is 343 g/mol. The molecule has 3 heteroatoms. The maximum Gasteiger partial charge on any atom is 0.146 e. The Hall–Kier alpha value is -2.13. The van der Waals surface area contributed by atoms with E-state index >= 15 is 0 Å². The second-order valence-electron chi connectivity index (χ2n) is 6.04. The van der Waals surface area contributed by atoms with E-state index in [2.05, 4.69) is 30.4 Å². The van der Waals surface area contributed by atoms with Gasteiger partial charge in [-0.2, -0.15) is 0 Å². The highest BCUT2D eigenvalue weighted by Crippen LogP contribution is 2.31. The van der Waals surface area contributed by atoms with Crippen molar-refractivity contribution in [1.82, 2.24) is 5.32 Å². The lowest BCUT2D eigenvalue weighted by atomic mass is 9.97. The molecule has 0 radical (unpaired) electrons. The van der Waals surface area contributed by atoms with Crippen LogP contribution in [0.3, 0.4) is 0 Å². The van der Waals surface area contributed by atoms with Crippen LogP contribution in [-0.2, 0) is 0 Å². The van der Waals surface area contributed by atoms with Crippen LogP contribution in [0.15, 0.2) is 67.4 Å². The number of rotatable bonds is 9. The maximum absolute atomic E-state index is 14.0. The van der Waals surface area contributed by atoms with Gasteiger partial charge in [0.05, 0.1) is 11.7 Å². The smallest absolute Gasteiger partial charge is 0.146 e. The standard InChI is InChI=1S/C20H25FN2.C2H6/c1-5-7-16(6-2)20(22-13-15-8-9-15)17-10-11-18(21)19(12-17)23-14(3)4;1-2/h5-7,10-12,15,20,22-23H,1-3,8-9,13H2,4H3;1-2H3/b16-7+;. The fourth-order valence-electron chi connectivity index (χ4n) is 2.50. The van der Waals surface area contributed by atoms with E-state index in [0.717, 1.165) is 23.6 Å². The van der Waals surface area contributed by atoms with E-state index in [1.165, 1.54) is 18.9 Å². The molecule has 2 rings (SSSR count). The molecule has 2 N–H and O–H groups in total. The van der Waals surface area contributed by atoms with Gasteiger partial charge in [0.15, 0.2) is 0 Å². The van der Waals surface area contributed by atoms with E-state index < -0.39 is 0 Å². The van der Waals surface area contributed by atoms with Gasteiger partial charge in [0.25, 0.3) is 0 Å². The zero-order valence-corrected chi connectivity index (χ0v) is 15.7. The Morgan fingerprint density at radius 2 is 2.00 bits per heavy atom. The van der Waals surface area contributed by atoms with Crippen LogP contribution < -0.4 is 10.6 Å². The molecule has 1 saturated carbocycles. The van der Waals surface area contributed by atoms with Gasteiger partial charge in [-0.1, -0.05) is 57.9 Å². The van der Waals surface area contributed by atoms with Crippen LogP contribution in [-0.4, -0.2) is 6.54 Å². The molecule has 1 aliphatic rings. The van der Waals surface area contributed by atoms with Gasteiger partial charge in [-0.05, 0) is 55.5 Å². The normalized spacial score (nSPS) is 14.8. The van der Waals surface area contributed by atoms with Crippen LogP contribution in [0, 0.1) is 11.7 Å². The summed E-state index contributed by atoms with van der Waals surface area (Å²) in [7, 11) is 0. The van der Waals surface area contributed by atoms with Gasteiger partial charge in [0.2, 0.25) is 0 Å². The molecule has 1 atom stereocenters. The van der Waals surface area contributed by atoms with Crippen molar-refractivity contribution in [3.05, 3.63) is 78.8 Å². The number of anilines is 1. The molecule has 0 bridgehead atoms. The van der Waals surface area contributed by atoms with Crippen molar-refractivity contribution >= 4 is 5.69 Å². The second kappa shape index (κ2) is 10.7. The first-order chi connectivity index (χ1) is 12.0. The fourth-order valence-corrected chi connectivity index (χ4v) is 2.50. The lowest BCUT2D eigenvalue weighted by molar-refractivity contribution is 0.570. The van der Waals surface area contributed by atoms with Crippen LogP contribution in [0.5, 0.6) is 0 Å². The Morgan fingerprint density at radius 3 is 2.52 bits per heavy atom. The van der Waals surface area contributed by atoms with Crippen molar-refractivity contribution < 1.29 is 4.39 Å². The molecule has 0 heterocycles. The van der Waals surface area contributed by atoms with E-state index in [-0.39, 0.29) is 11.9 Å². The third-order valence-corrected chi connectivity index (χ3v) is 3.86. The highest BCUT2D eigenvalue weighted by atomic mass is 19.1. The first-order valence-electron chi connectivity index (χ1n) is 8.95. The Labute approximate surface area is 152 Å². The number of benzene rings is 1. The van der Waals surface area contributed by atoms with Crippen molar-refractivity contribution in [3.63, 3.8) is 0 Å². The highest BCUT2D eigenvalue weighted by Gasteiger charge is 2.24. The van der Waals surface area contributed by atoms with E-state index in [0.29, 0.717) is 11.4 Å². The first-order valence-corrected chi connectivity index (χ1v) is 8.95. The van der Waals surface area contributed by atoms with Crippen LogP contribution in [0.4, 0.5) is 10.1 Å². The molecule has 1 fully saturated rings. The minimum Gasteiger partial charge on any atom is -0.357 e. The summed E-state index contributed by atoms with van der Waals surface area (Å²) >= 11 is 0. The summed E-state index contributed by atoms with van der Waals surface area (Å²) in [6, 6.07) is 5.09. The minimum atomic E-state index is -0.287. The van der Waals surface area contributed by atoms with Crippen molar-refractivity contribution in [2.24, 2.45) is 5.92 Å². The Morgan fingerprint density at radius 1 is 1.32 bits per heavy atom. The Bertz CT molecular complexity index is 627. The summed E-state index contributed by atoms with van der Waals surface area (Å²) in [5, 5.41) is 6.55. The molecular formula is C22H31FN2. The molecule has 136 valence electrons. The van der Waals surface area contributed by atoms with Gasteiger partial charge >= 0.3 is 0 Å². The largest absolute Gasteiger partial charge is 0.357 e. The third-order valence-electron chi connectivity index (χ3n) is 3.86. The van der Waals surface area contributed by atoms with E-state index in [4.69, 9.17) is 0 Å². The molecule has 1 aromatic rings. The molecule has 0 aromatic heterocycles. The van der Waals surface area contributed by atoms with Gasteiger partial charge in [-0.15, -0.1) is 0 Å². The minimum absolute atomic E-state index is 0.0302. The number of allylic oxidation sites excluding steroid dienone is 3. The quantitative estimate of drug-likeness (QED) is 0.527. The van der Waals surface area contributed by atoms with Crippen LogP contribution in [0.1, 0.15) is 45.2 Å². The number of nitrogens with one attached hydrogen (secondary N) is 2. The summed E-state index contributed by atoms with van der Waals surface area (Å²) in [6.45, 7) is 18.2. The SMILES string of the molecule is C=C/C=C(\C=C)C(NCC1CC1)c1ccc(F)c(NC(=C)C)c1.CC. The molecule has 0 amide bonds. The molecule has 0 aliphatic heterocycles. The molecule has 1 aromatic carbocycles. The Kier molecular flexibility index (Phi) is 8.93. The zero-order valence-electron chi connectivity index (χ0n) is 15.7. The lowest BCUT2D eigenvalue weighted by Gasteiger charge is -2.22. The van der Waals surface area contributed by atoms with Crippen molar-refractivity contribution in [1.29, 1.82) is 0 Å².